The van der Waals surface area contributed by atoms with E-state index >= 15 is 0 Å². The number of alkyl halides is 3. The van der Waals surface area contributed by atoms with Gasteiger partial charge in [0.25, 0.3) is 0 Å². The minimum atomic E-state index is -5.08. The quantitative estimate of drug-likeness (QED) is 0.728. The molecule has 0 radical (unpaired) electrons. The molecule has 1 fully saturated rings. The summed E-state index contributed by atoms with van der Waals surface area (Å²) in [4.78, 5) is 22.9. The zero-order valence-electron chi connectivity index (χ0n) is 12.8. The van der Waals surface area contributed by atoms with Gasteiger partial charge in [-0.05, 0) is 37.6 Å². The number of carboxylic acid groups (broad SMARTS) is 1. The van der Waals surface area contributed by atoms with Crippen molar-refractivity contribution in [1.29, 1.82) is 0 Å². The maximum Gasteiger partial charge on any atom is 0.490 e. The maximum absolute atomic E-state index is 12.1. The van der Waals surface area contributed by atoms with E-state index in [0.717, 1.165) is 31.6 Å². The first-order chi connectivity index (χ1) is 11.3. The third kappa shape index (κ3) is 4.38. The van der Waals surface area contributed by atoms with Crippen LogP contribution in [0.1, 0.15) is 18.4 Å². The van der Waals surface area contributed by atoms with Crippen LogP contribution < -0.4 is 15.5 Å². The minimum Gasteiger partial charge on any atom is -0.475 e. The molecule has 9 heteroatoms. The number of halogens is 3. The Morgan fingerprint density at radius 1 is 1.21 bits per heavy atom. The van der Waals surface area contributed by atoms with Crippen molar-refractivity contribution in [3.05, 3.63) is 29.8 Å². The second kappa shape index (κ2) is 7.52. The molecule has 24 heavy (non-hydrogen) atoms. The number of benzene rings is 1. The molecule has 2 aliphatic heterocycles. The summed E-state index contributed by atoms with van der Waals surface area (Å²) in [7, 11) is 0. The fourth-order valence-electron chi connectivity index (χ4n) is 2.69. The van der Waals surface area contributed by atoms with Gasteiger partial charge >= 0.3 is 18.2 Å². The smallest absolute Gasteiger partial charge is 0.475 e. The van der Waals surface area contributed by atoms with Crippen LogP contribution in [0, 0.1) is 0 Å². The van der Waals surface area contributed by atoms with Crippen LogP contribution in [0.4, 0.5) is 23.7 Å². The van der Waals surface area contributed by atoms with E-state index in [1.807, 2.05) is 17.0 Å². The molecule has 0 saturated carbocycles. The summed E-state index contributed by atoms with van der Waals surface area (Å²) in [5, 5.41) is 13.4. The van der Waals surface area contributed by atoms with Crippen LogP contribution >= 0.6 is 0 Å². The first-order valence-electron chi connectivity index (χ1n) is 7.46. The number of nitrogens with one attached hydrogen (secondary N) is 2. The Kier molecular flexibility index (Phi) is 5.66. The monoisotopic (exact) mass is 345 g/mol. The molecule has 0 bridgehead atoms. The van der Waals surface area contributed by atoms with Gasteiger partial charge in [0.2, 0.25) is 0 Å². The second-order valence-electron chi connectivity index (χ2n) is 5.44. The van der Waals surface area contributed by atoms with Crippen LogP contribution in [-0.4, -0.2) is 42.4 Å². The lowest BCUT2D eigenvalue weighted by Crippen LogP contribution is -2.52. The van der Waals surface area contributed by atoms with E-state index in [1.165, 1.54) is 5.56 Å². The fraction of sp³-hybridized carbons (Fsp3) is 0.467. The highest BCUT2D eigenvalue weighted by atomic mass is 19.4. The lowest BCUT2D eigenvalue weighted by atomic mass is 10.0. The Balaban J connectivity index is 0.000000256. The first kappa shape index (κ1) is 18.1. The molecule has 2 heterocycles. The van der Waals surface area contributed by atoms with Crippen LogP contribution in [0.15, 0.2) is 24.3 Å². The number of carboxylic acids is 1. The molecule has 2 aliphatic rings. The predicted molar refractivity (Wildman–Crippen MR) is 80.7 cm³/mol. The molecule has 0 aromatic heterocycles. The SMILES string of the molecule is O=C(O)C(F)(F)F.O=C1NCc2ccccc2N1C1CCNCC1. The van der Waals surface area contributed by atoms with E-state index in [4.69, 9.17) is 9.90 Å². The number of rotatable bonds is 1. The van der Waals surface area contributed by atoms with Crippen molar-refractivity contribution in [3.63, 3.8) is 0 Å². The van der Waals surface area contributed by atoms with Crippen molar-refractivity contribution in [1.82, 2.24) is 10.6 Å². The molecular formula is C15H18F3N3O3. The normalized spacial score (nSPS) is 18.1. The number of amides is 2. The largest absolute Gasteiger partial charge is 0.490 e. The Hall–Kier alpha value is -2.29. The number of aliphatic carboxylic acids is 1. The van der Waals surface area contributed by atoms with Gasteiger partial charge in [0, 0.05) is 12.6 Å². The number of carbonyl (C=O) groups excluding carboxylic acids is 1. The Morgan fingerprint density at radius 3 is 2.38 bits per heavy atom. The van der Waals surface area contributed by atoms with Gasteiger partial charge in [-0.2, -0.15) is 13.2 Å². The van der Waals surface area contributed by atoms with Crippen molar-refractivity contribution in [3.8, 4) is 0 Å². The summed E-state index contributed by atoms with van der Waals surface area (Å²) >= 11 is 0. The lowest BCUT2D eigenvalue weighted by molar-refractivity contribution is -0.192. The number of carbonyl (C=O) groups is 2. The Morgan fingerprint density at radius 2 is 1.79 bits per heavy atom. The van der Waals surface area contributed by atoms with Crippen molar-refractivity contribution in [2.24, 2.45) is 0 Å². The molecule has 0 spiro atoms. The maximum atomic E-state index is 12.1. The zero-order valence-corrected chi connectivity index (χ0v) is 12.8. The summed E-state index contributed by atoms with van der Waals surface area (Å²) in [5.41, 5.74) is 2.30. The van der Waals surface area contributed by atoms with Gasteiger partial charge in [-0.3, -0.25) is 4.90 Å². The third-order valence-electron chi connectivity index (χ3n) is 3.82. The van der Waals surface area contributed by atoms with Gasteiger partial charge in [0.15, 0.2) is 0 Å². The van der Waals surface area contributed by atoms with Crippen LogP contribution in [0.5, 0.6) is 0 Å². The van der Waals surface area contributed by atoms with Crippen molar-refractivity contribution < 1.29 is 27.9 Å². The summed E-state index contributed by atoms with van der Waals surface area (Å²) in [6.07, 6.45) is -3.02. The van der Waals surface area contributed by atoms with E-state index in [-0.39, 0.29) is 6.03 Å². The van der Waals surface area contributed by atoms with E-state index < -0.39 is 12.1 Å². The molecule has 132 valence electrons. The molecule has 0 aliphatic carbocycles. The van der Waals surface area contributed by atoms with Crippen LogP contribution in [0.25, 0.3) is 0 Å². The second-order valence-corrected chi connectivity index (χ2v) is 5.44. The summed E-state index contributed by atoms with van der Waals surface area (Å²) in [6, 6.07) is 8.55. The number of hydrogen-bond donors (Lipinski definition) is 3. The standard InChI is InChI=1S/C13H17N3O.C2HF3O2/c17-13-15-9-10-3-1-2-4-12(10)16(13)11-5-7-14-8-6-11;3-2(4,5)1(6)7/h1-4,11,14H,5-9H2,(H,15,17);(H,6,7). The molecular weight excluding hydrogens is 327 g/mol. The summed E-state index contributed by atoms with van der Waals surface area (Å²) in [5.74, 6) is -2.76. The number of urea groups is 1. The number of fused-ring (bicyclic) bond motifs is 1. The first-order valence-corrected chi connectivity index (χ1v) is 7.46. The molecule has 0 unspecified atom stereocenters. The molecule has 3 rings (SSSR count). The highest BCUT2D eigenvalue weighted by Crippen LogP contribution is 2.28. The predicted octanol–water partition coefficient (Wildman–Crippen LogP) is 2.10. The number of anilines is 1. The highest BCUT2D eigenvalue weighted by Gasteiger charge is 2.38. The number of hydrogen-bond acceptors (Lipinski definition) is 3. The van der Waals surface area contributed by atoms with Crippen molar-refractivity contribution >= 4 is 17.7 Å². The highest BCUT2D eigenvalue weighted by molar-refractivity contribution is 5.95. The van der Waals surface area contributed by atoms with Crippen LogP contribution in [0.2, 0.25) is 0 Å². The van der Waals surface area contributed by atoms with Crippen molar-refractivity contribution in [2.75, 3.05) is 18.0 Å². The summed E-state index contributed by atoms with van der Waals surface area (Å²) < 4.78 is 31.7. The number of nitrogens with zero attached hydrogens (tertiary/aromatic N) is 1. The number of para-hydroxylation sites is 1. The topological polar surface area (TPSA) is 81.7 Å². The Bertz CT molecular complexity index is 601. The Labute approximate surface area is 136 Å². The van der Waals surface area contributed by atoms with Gasteiger partial charge in [-0.1, -0.05) is 18.2 Å². The van der Waals surface area contributed by atoms with E-state index in [2.05, 4.69) is 22.8 Å². The number of piperidine rings is 1. The molecule has 6 nitrogen and oxygen atoms in total. The van der Waals surface area contributed by atoms with Crippen LogP contribution in [-0.2, 0) is 11.3 Å². The molecule has 3 N–H and O–H groups in total. The zero-order chi connectivity index (χ0) is 17.7. The van der Waals surface area contributed by atoms with Gasteiger partial charge in [-0.25, -0.2) is 9.59 Å². The van der Waals surface area contributed by atoms with Gasteiger partial charge < -0.3 is 15.7 Å². The minimum absolute atomic E-state index is 0.0515. The van der Waals surface area contributed by atoms with Crippen LogP contribution in [0.3, 0.4) is 0 Å². The summed E-state index contributed by atoms with van der Waals surface area (Å²) in [6.45, 7) is 2.64. The average Bonchev–Trinajstić information content (AvgIpc) is 2.55. The fourth-order valence-corrected chi connectivity index (χ4v) is 2.69. The van der Waals surface area contributed by atoms with E-state index in [1.54, 1.807) is 0 Å². The molecule has 1 aromatic carbocycles. The van der Waals surface area contributed by atoms with E-state index in [9.17, 15) is 18.0 Å². The molecule has 1 saturated heterocycles. The lowest BCUT2D eigenvalue weighted by Gasteiger charge is -2.38. The van der Waals surface area contributed by atoms with Gasteiger partial charge in [-0.15, -0.1) is 0 Å². The van der Waals surface area contributed by atoms with E-state index in [0.29, 0.717) is 12.6 Å². The van der Waals surface area contributed by atoms with Gasteiger partial charge in [0.1, 0.15) is 0 Å². The molecule has 1 aromatic rings. The third-order valence-corrected chi connectivity index (χ3v) is 3.82. The molecule has 0 atom stereocenters. The molecule has 2 amide bonds. The van der Waals surface area contributed by atoms with Crippen molar-refractivity contribution in [2.45, 2.75) is 31.6 Å². The average molecular weight is 345 g/mol. The van der Waals surface area contributed by atoms with Gasteiger partial charge in [0.05, 0.1) is 5.69 Å².